The van der Waals surface area contributed by atoms with Crippen molar-refractivity contribution in [1.29, 1.82) is 0 Å². The van der Waals surface area contributed by atoms with Crippen molar-refractivity contribution in [3.63, 3.8) is 0 Å². The van der Waals surface area contributed by atoms with E-state index in [-0.39, 0.29) is 12.6 Å². The standard InChI is InChI=1S/C15H21NO3/c1-2-18-15(17)12-19-14-8-6-13(7-9-14)16-10-4-3-5-11-16/h6-9H,2-5,10-12H2,1H3. The maximum Gasteiger partial charge on any atom is 0.344 e. The third kappa shape index (κ3) is 4.16. The number of carbonyl (C=O) groups excluding carboxylic acids is 1. The van der Waals surface area contributed by atoms with Gasteiger partial charge in [-0.2, -0.15) is 0 Å². The molecule has 1 saturated heterocycles. The Morgan fingerprint density at radius 3 is 2.47 bits per heavy atom. The summed E-state index contributed by atoms with van der Waals surface area (Å²) in [6, 6.07) is 7.91. The molecule has 0 bridgehead atoms. The quantitative estimate of drug-likeness (QED) is 0.765. The predicted molar refractivity (Wildman–Crippen MR) is 74.6 cm³/mol. The van der Waals surface area contributed by atoms with Crippen molar-refractivity contribution in [2.24, 2.45) is 0 Å². The van der Waals surface area contributed by atoms with Gasteiger partial charge in [0.05, 0.1) is 6.61 Å². The van der Waals surface area contributed by atoms with E-state index in [1.807, 2.05) is 24.3 Å². The smallest absolute Gasteiger partial charge is 0.344 e. The van der Waals surface area contributed by atoms with Gasteiger partial charge < -0.3 is 14.4 Å². The highest BCUT2D eigenvalue weighted by Gasteiger charge is 2.10. The second-order valence-electron chi connectivity index (χ2n) is 4.64. The molecule has 104 valence electrons. The topological polar surface area (TPSA) is 38.8 Å². The molecule has 0 spiro atoms. The number of piperidine rings is 1. The zero-order valence-electron chi connectivity index (χ0n) is 11.4. The Hall–Kier alpha value is -1.71. The number of anilines is 1. The molecule has 4 heteroatoms. The first-order chi connectivity index (χ1) is 9.29. The molecule has 0 amide bonds. The number of carbonyl (C=O) groups is 1. The highest BCUT2D eigenvalue weighted by molar-refractivity contribution is 5.71. The molecule has 0 atom stereocenters. The average Bonchev–Trinajstić information content (AvgIpc) is 2.47. The lowest BCUT2D eigenvalue weighted by molar-refractivity contribution is -0.145. The number of ether oxygens (including phenoxy) is 2. The largest absolute Gasteiger partial charge is 0.482 e. The van der Waals surface area contributed by atoms with Crippen molar-refractivity contribution in [2.75, 3.05) is 31.2 Å². The first-order valence-electron chi connectivity index (χ1n) is 6.93. The minimum atomic E-state index is -0.331. The molecule has 1 fully saturated rings. The summed E-state index contributed by atoms with van der Waals surface area (Å²) in [6.45, 7) is 4.39. The summed E-state index contributed by atoms with van der Waals surface area (Å²) < 4.78 is 10.2. The maximum absolute atomic E-state index is 11.2. The summed E-state index contributed by atoms with van der Waals surface area (Å²) in [5.41, 5.74) is 1.23. The van der Waals surface area contributed by atoms with Crippen molar-refractivity contribution in [3.8, 4) is 5.75 Å². The van der Waals surface area contributed by atoms with Gasteiger partial charge in [0, 0.05) is 18.8 Å². The third-order valence-corrected chi connectivity index (χ3v) is 3.22. The minimum absolute atomic E-state index is 0.0309. The van der Waals surface area contributed by atoms with Gasteiger partial charge in [-0.15, -0.1) is 0 Å². The lowest BCUT2D eigenvalue weighted by Crippen LogP contribution is -2.29. The summed E-state index contributed by atoms with van der Waals surface area (Å²) in [5, 5.41) is 0. The summed E-state index contributed by atoms with van der Waals surface area (Å²) in [5.74, 6) is 0.372. The second-order valence-corrected chi connectivity index (χ2v) is 4.64. The van der Waals surface area contributed by atoms with Gasteiger partial charge in [-0.25, -0.2) is 4.79 Å². The fourth-order valence-electron chi connectivity index (χ4n) is 2.25. The van der Waals surface area contributed by atoms with Crippen molar-refractivity contribution < 1.29 is 14.3 Å². The molecule has 4 nitrogen and oxygen atoms in total. The van der Waals surface area contributed by atoms with Crippen LogP contribution in [0.3, 0.4) is 0 Å². The van der Waals surface area contributed by atoms with E-state index < -0.39 is 0 Å². The van der Waals surface area contributed by atoms with Gasteiger partial charge in [-0.05, 0) is 50.5 Å². The molecule has 2 rings (SSSR count). The molecule has 0 aromatic heterocycles. The van der Waals surface area contributed by atoms with Crippen molar-refractivity contribution in [3.05, 3.63) is 24.3 Å². The Morgan fingerprint density at radius 1 is 1.16 bits per heavy atom. The number of hydrogen-bond donors (Lipinski definition) is 0. The van der Waals surface area contributed by atoms with E-state index in [2.05, 4.69) is 4.90 Å². The summed E-state index contributed by atoms with van der Waals surface area (Å²) in [6.07, 6.45) is 3.86. The molecule has 0 radical (unpaired) electrons. The van der Waals surface area contributed by atoms with Gasteiger partial charge in [0.1, 0.15) is 5.75 Å². The number of benzene rings is 1. The Bertz CT molecular complexity index is 396. The molecule has 0 aliphatic carbocycles. The van der Waals surface area contributed by atoms with Crippen LogP contribution in [0, 0.1) is 0 Å². The van der Waals surface area contributed by atoms with E-state index in [4.69, 9.17) is 9.47 Å². The third-order valence-electron chi connectivity index (χ3n) is 3.22. The van der Waals surface area contributed by atoms with Crippen LogP contribution in [0.4, 0.5) is 5.69 Å². The molecule has 0 unspecified atom stereocenters. The van der Waals surface area contributed by atoms with Crippen LogP contribution in [0.2, 0.25) is 0 Å². The first kappa shape index (κ1) is 13.7. The van der Waals surface area contributed by atoms with Crippen LogP contribution in [0.5, 0.6) is 5.75 Å². The Morgan fingerprint density at radius 2 is 1.84 bits per heavy atom. The van der Waals surface area contributed by atoms with Gasteiger partial charge in [0.15, 0.2) is 6.61 Å². The van der Waals surface area contributed by atoms with Crippen molar-refractivity contribution in [2.45, 2.75) is 26.2 Å². The number of esters is 1. The van der Waals surface area contributed by atoms with E-state index in [9.17, 15) is 4.79 Å². The van der Waals surface area contributed by atoms with Gasteiger partial charge in [0.2, 0.25) is 0 Å². The molecule has 0 saturated carbocycles. The Balaban J connectivity index is 1.85. The molecule has 1 aliphatic rings. The normalized spacial score (nSPS) is 15.1. The highest BCUT2D eigenvalue weighted by atomic mass is 16.6. The molecular weight excluding hydrogens is 242 g/mol. The van der Waals surface area contributed by atoms with Gasteiger partial charge in [-0.1, -0.05) is 0 Å². The molecule has 1 aromatic carbocycles. The number of hydrogen-bond acceptors (Lipinski definition) is 4. The van der Waals surface area contributed by atoms with Crippen LogP contribution < -0.4 is 9.64 Å². The van der Waals surface area contributed by atoms with E-state index in [0.717, 1.165) is 13.1 Å². The van der Waals surface area contributed by atoms with Crippen molar-refractivity contribution >= 4 is 11.7 Å². The van der Waals surface area contributed by atoms with Crippen LogP contribution in [0.1, 0.15) is 26.2 Å². The van der Waals surface area contributed by atoms with E-state index in [1.54, 1.807) is 6.92 Å². The summed E-state index contributed by atoms with van der Waals surface area (Å²) >= 11 is 0. The number of nitrogens with zero attached hydrogens (tertiary/aromatic N) is 1. The minimum Gasteiger partial charge on any atom is -0.482 e. The van der Waals surface area contributed by atoms with Crippen LogP contribution in [0.25, 0.3) is 0 Å². The molecule has 1 heterocycles. The Kier molecular flexibility index (Phi) is 5.07. The fourth-order valence-corrected chi connectivity index (χ4v) is 2.25. The summed E-state index contributed by atoms with van der Waals surface area (Å²) in [4.78, 5) is 13.6. The van der Waals surface area contributed by atoms with E-state index >= 15 is 0 Å². The average molecular weight is 263 g/mol. The SMILES string of the molecule is CCOC(=O)COc1ccc(N2CCCCC2)cc1. The molecular formula is C15H21NO3. The van der Waals surface area contributed by atoms with E-state index in [0.29, 0.717) is 12.4 Å². The van der Waals surface area contributed by atoms with Crippen LogP contribution >= 0.6 is 0 Å². The predicted octanol–water partition coefficient (Wildman–Crippen LogP) is 2.62. The van der Waals surface area contributed by atoms with Crippen LogP contribution in [-0.4, -0.2) is 32.3 Å². The molecule has 1 aliphatic heterocycles. The Labute approximate surface area is 114 Å². The summed E-state index contributed by atoms with van der Waals surface area (Å²) in [7, 11) is 0. The zero-order valence-corrected chi connectivity index (χ0v) is 11.4. The highest BCUT2D eigenvalue weighted by Crippen LogP contribution is 2.22. The lowest BCUT2D eigenvalue weighted by atomic mass is 10.1. The maximum atomic E-state index is 11.2. The monoisotopic (exact) mass is 263 g/mol. The number of rotatable bonds is 5. The van der Waals surface area contributed by atoms with Crippen LogP contribution in [-0.2, 0) is 9.53 Å². The zero-order chi connectivity index (χ0) is 13.5. The van der Waals surface area contributed by atoms with Crippen molar-refractivity contribution in [1.82, 2.24) is 0 Å². The van der Waals surface area contributed by atoms with Gasteiger partial charge >= 0.3 is 5.97 Å². The molecule has 0 N–H and O–H groups in total. The van der Waals surface area contributed by atoms with Crippen LogP contribution in [0.15, 0.2) is 24.3 Å². The molecule has 19 heavy (non-hydrogen) atoms. The lowest BCUT2D eigenvalue weighted by Gasteiger charge is -2.28. The second kappa shape index (κ2) is 7.02. The van der Waals surface area contributed by atoms with Gasteiger partial charge in [0.25, 0.3) is 0 Å². The molecule has 1 aromatic rings. The first-order valence-corrected chi connectivity index (χ1v) is 6.93. The van der Waals surface area contributed by atoms with E-state index in [1.165, 1.54) is 24.9 Å². The fraction of sp³-hybridized carbons (Fsp3) is 0.533. The van der Waals surface area contributed by atoms with Gasteiger partial charge in [-0.3, -0.25) is 0 Å².